The lowest BCUT2D eigenvalue weighted by Crippen LogP contribution is -2.28. The van der Waals surface area contributed by atoms with Gasteiger partial charge in [0, 0.05) is 18.1 Å². The van der Waals surface area contributed by atoms with Gasteiger partial charge in [-0.1, -0.05) is 51.0 Å². The summed E-state index contributed by atoms with van der Waals surface area (Å²) in [5.41, 5.74) is 2.69. The van der Waals surface area contributed by atoms with Crippen molar-refractivity contribution in [2.24, 2.45) is 17.8 Å². The monoisotopic (exact) mass is 442 g/mol. The quantitative estimate of drug-likeness (QED) is 0.390. The molecule has 0 bridgehead atoms. The van der Waals surface area contributed by atoms with E-state index in [9.17, 15) is 0 Å². The molecule has 0 atom stereocenters. The zero-order valence-corrected chi connectivity index (χ0v) is 20.6. The maximum absolute atomic E-state index is 6.04. The van der Waals surface area contributed by atoms with Crippen LogP contribution in [0.1, 0.15) is 114 Å². The molecular formula is C29H46O3. The van der Waals surface area contributed by atoms with Crippen LogP contribution in [-0.2, 0) is 14.2 Å². The van der Waals surface area contributed by atoms with Gasteiger partial charge in [0.1, 0.15) is 0 Å². The highest BCUT2D eigenvalue weighted by molar-refractivity contribution is 5.26. The molecule has 3 nitrogen and oxygen atoms in total. The minimum absolute atomic E-state index is 0.172. The predicted octanol–water partition coefficient (Wildman–Crippen LogP) is 7.80. The maximum Gasteiger partial charge on any atom is 0.183 e. The van der Waals surface area contributed by atoms with Crippen molar-refractivity contribution in [3.05, 3.63) is 35.4 Å². The van der Waals surface area contributed by atoms with Crippen molar-refractivity contribution in [3.8, 4) is 0 Å². The Labute approximate surface area is 196 Å². The lowest BCUT2D eigenvalue weighted by Gasteiger charge is -2.38. The molecule has 32 heavy (non-hydrogen) atoms. The second-order valence-corrected chi connectivity index (χ2v) is 10.7. The predicted molar refractivity (Wildman–Crippen MR) is 131 cm³/mol. The summed E-state index contributed by atoms with van der Waals surface area (Å²) in [7, 11) is 0. The first-order valence-electron chi connectivity index (χ1n) is 13.7. The second-order valence-electron chi connectivity index (χ2n) is 10.7. The number of hydrogen-bond acceptors (Lipinski definition) is 3. The van der Waals surface area contributed by atoms with Gasteiger partial charge in [-0.2, -0.15) is 0 Å². The van der Waals surface area contributed by atoms with Crippen molar-refractivity contribution in [2.45, 2.75) is 109 Å². The summed E-state index contributed by atoms with van der Waals surface area (Å²) in [6.07, 6.45) is 16.1. The summed E-state index contributed by atoms with van der Waals surface area (Å²) < 4.78 is 18.1. The van der Waals surface area contributed by atoms with Gasteiger partial charge in [0.2, 0.25) is 0 Å². The molecule has 3 heteroatoms. The third-order valence-electron chi connectivity index (χ3n) is 8.33. The van der Waals surface area contributed by atoms with E-state index in [0.717, 1.165) is 44.0 Å². The van der Waals surface area contributed by atoms with Gasteiger partial charge in [0.25, 0.3) is 0 Å². The third kappa shape index (κ3) is 6.58. The lowest BCUT2D eigenvalue weighted by atomic mass is 9.69. The first kappa shape index (κ1) is 24.2. The first-order chi connectivity index (χ1) is 15.8. The molecule has 3 aliphatic rings. The summed E-state index contributed by atoms with van der Waals surface area (Å²) in [5.74, 6) is 3.19. The Bertz CT molecular complexity index is 633. The third-order valence-corrected chi connectivity index (χ3v) is 8.33. The van der Waals surface area contributed by atoms with Crippen LogP contribution < -0.4 is 0 Å². The summed E-state index contributed by atoms with van der Waals surface area (Å²) in [4.78, 5) is 0. The molecule has 1 aliphatic heterocycles. The van der Waals surface area contributed by atoms with E-state index in [4.69, 9.17) is 14.2 Å². The van der Waals surface area contributed by atoms with Crippen molar-refractivity contribution in [1.82, 2.24) is 0 Å². The highest BCUT2D eigenvalue weighted by Gasteiger charge is 2.31. The summed E-state index contributed by atoms with van der Waals surface area (Å²) in [6.45, 7) is 7.07. The molecule has 0 spiro atoms. The molecule has 0 aromatic heterocycles. The van der Waals surface area contributed by atoms with Crippen LogP contribution in [0.15, 0.2) is 24.3 Å². The minimum Gasteiger partial charge on any atom is -0.378 e. The normalized spacial score (nSPS) is 33.8. The van der Waals surface area contributed by atoms with E-state index in [0.29, 0.717) is 12.0 Å². The molecule has 3 fully saturated rings. The fourth-order valence-electron chi connectivity index (χ4n) is 6.26. The molecule has 2 saturated carbocycles. The maximum atomic E-state index is 6.04. The number of rotatable bonds is 9. The van der Waals surface area contributed by atoms with Gasteiger partial charge >= 0.3 is 0 Å². The van der Waals surface area contributed by atoms with E-state index >= 15 is 0 Å². The SMILES string of the molecule is CCCCC1COC(c2ccc(C3CCC(C4CCC(OCCC)CC4)CC3)cc2)OC1. The molecule has 4 rings (SSSR count). The summed E-state index contributed by atoms with van der Waals surface area (Å²) in [6, 6.07) is 9.17. The fourth-order valence-corrected chi connectivity index (χ4v) is 6.26. The topological polar surface area (TPSA) is 27.7 Å². The van der Waals surface area contributed by atoms with Gasteiger partial charge < -0.3 is 14.2 Å². The van der Waals surface area contributed by atoms with Crippen LogP contribution in [-0.4, -0.2) is 25.9 Å². The molecule has 1 saturated heterocycles. The molecule has 0 N–H and O–H groups in total. The highest BCUT2D eigenvalue weighted by atomic mass is 16.7. The van der Waals surface area contributed by atoms with Crippen LogP contribution in [0, 0.1) is 17.8 Å². The smallest absolute Gasteiger partial charge is 0.183 e. The number of hydrogen-bond donors (Lipinski definition) is 0. The van der Waals surface area contributed by atoms with Gasteiger partial charge in [-0.3, -0.25) is 0 Å². The van der Waals surface area contributed by atoms with Crippen LogP contribution in [0.5, 0.6) is 0 Å². The Hall–Kier alpha value is -0.900. The van der Waals surface area contributed by atoms with Crippen molar-refractivity contribution in [1.29, 1.82) is 0 Å². The highest BCUT2D eigenvalue weighted by Crippen LogP contribution is 2.43. The number of benzene rings is 1. The molecular weight excluding hydrogens is 396 g/mol. The van der Waals surface area contributed by atoms with Crippen molar-refractivity contribution < 1.29 is 14.2 Å². The molecule has 1 aromatic rings. The average Bonchev–Trinajstić information content (AvgIpc) is 2.87. The zero-order chi connectivity index (χ0) is 22.2. The van der Waals surface area contributed by atoms with Crippen molar-refractivity contribution in [3.63, 3.8) is 0 Å². The molecule has 0 amide bonds. The molecule has 1 aromatic carbocycles. The molecule has 0 unspecified atom stereocenters. The Morgan fingerprint density at radius 2 is 1.34 bits per heavy atom. The molecule has 0 radical (unpaired) electrons. The minimum atomic E-state index is -0.172. The Kier molecular flexibility index (Phi) is 9.49. The lowest BCUT2D eigenvalue weighted by molar-refractivity contribution is -0.206. The van der Waals surface area contributed by atoms with E-state index in [2.05, 4.69) is 38.1 Å². The molecule has 180 valence electrons. The van der Waals surface area contributed by atoms with Crippen molar-refractivity contribution in [2.75, 3.05) is 19.8 Å². The summed E-state index contributed by atoms with van der Waals surface area (Å²) >= 11 is 0. The first-order valence-corrected chi connectivity index (χ1v) is 13.7. The van der Waals surface area contributed by atoms with E-state index in [1.165, 1.54) is 81.8 Å². The Balaban J connectivity index is 1.19. The van der Waals surface area contributed by atoms with Crippen molar-refractivity contribution >= 4 is 0 Å². The van der Waals surface area contributed by atoms with Crippen LogP contribution in [0.4, 0.5) is 0 Å². The van der Waals surface area contributed by atoms with Gasteiger partial charge in [-0.15, -0.1) is 0 Å². The van der Waals surface area contributed by atoms with Gasteiger partial charge in [0.15, 0.2) is 6.29 Å². The van der Waals surface area contributed by atoms with Crippen LogP contribution in [0.2, 0.25) is 0 Å². The van der Waals surface area contributed by atoms with E-state index < -0.39 is 0 Å². The standard InChI is InChI=1S/C29H46O3/c1-3-5-6-22-20-31-29(32-21-22)27-13-11-25(12-14-27)23-7-9-24(10-8-23)26-15-17-28(18-16-26)30-19-4-2/h11-14,22-24,26,28-29H,3-10,15-21H2,1-2H3. The largest absolute Gasteiger partial charge is 0.378 e. The van der Waals surface area contributed by atoms with Crippen LogP contribution >= 0.6 is 0 Å². The van der Waals surface area contributed by atoms with Gasteiger partial charge in [-0.05, 0) is 87.5 Å². The Morgan fingerprint density at radius 3 is 1.94 bits per heavy atom. The zero-order valence-electron chi connectivity index (χ0n) is 20.6. The van der Waals surface area contributed by atoms with Gasteiger partial charge in [-0.25, -0.2) is 0 Å². The number of ether oxygens (including phenoxy) is 3. The fraction of sp³-hybridized carbons (Fsp3) is 0.793. The Morgan fingerprint density at radius 1 is 0.750 bits per heavy atom. The van der Waals surface area contributed by atoms with Crippen LogP contribution in [0.25, 0.3) is 0 Å². The van der Waals surface area contributed by atoms with Crippen LogP contribution in [0.3, 0.4) is 0 Å². The second kappa shape index (κ2) is 12.5. The summed E-state index contributed by atoms with van der Waals surface area (Å²) in [5, 5.41) is 0. The van der Waals surface area contributed by atoms with Gasteiger partial charge in [0.05, 0.1) is 19.3 Å². The number of unbranched alkanes of at least 4 members (excludes halogenated alkanes) is 1. The molecule has 1 heterocycles. The average molecular weight is 443 g/mol. The van der Waals surface area contributed by atoms with E-state index in [1.807, 2.05) is 0 Å². The molecule has 2 aliphatic carbocycles. The van der Waals surface area contributed by atoms with E-state index in [1.54, 1.807) is 0 Å². The van der Waals surface area contributed by atoms with E-state index in [-0.39, 0.29) is 6.29 Å².